The Labute approximate surface area is 144 Å². The maximum Gasteiger partial charge on any atom is 0.308 e. The molecule has 0 saturated carbocycles. The van der Waals surface area contributed by atoms with Gasteiger partial charge in [0.25, 0.3) is 5.91 Å². The molecule has 1 aliphatic rings. The summed E-state index contributed by atoms with van der Waals surface area (Å²) in [6, 6.07) is 11.5. The summed E-state index contributed by atoms with van der Waals surface area (Å²) in [5.74, 6) is -1.39. The van der Waals surface area contributed by atoms with Crippen LogP contribution < -0.4 is 5.32 Å². The molecule has 1 saturated heterocycles. The van der Waals surface area contributed by atoms with Crippen LogP contribution in [0.4, 0.5) is 5.69 Å². The van der Waals surface area contributed by atoms with Crippen LogP contribution in [0.15, 0.2) is 41.8 Å². The molecule has 1 atom stereocenters. The van der Waals surface area contributed by atoms with Gasteiger partial charge >= 0.3 is 5.97 Å². The van der Waals surface area contributed by atoms with Crippen molar-refractivity contribution >= 4 is 28.9 Å². The third kappa shape index (κ3) is 3.76. The van der Waals surface area contributed by atoms with Crippen LogP contribution in [-0.4, -0.2) is 35.0 Å². The number of hydrogen-bond acceptors (Lipinski definition) is 4. The molecule has 0 bridgehead atoms. The van der Waals surface area contributed by atoms with Crippen molar-refractivity contribution in [2.45, 2.75) is 19.4 Å². The van der Waals surface area contributed by atoms with Crippen LogP contribution in [0.1, 0.15) is 28.1 Å². The highest BCUT2D eigenvalue weighted by atomic mass is 32.1. The van der Waals surface area contributed by atoms with Crippen LogP contribution >= 0.6 is 11.3 Å². The summed E-state index contributed by atoms with van der Waals surface area (Å²) in [7, 11) is 0. The van der Waals surface area contributed by atoms with Gasteiger partial charge in [0, 0.05) is 30.2 Å². The Morgan fingerprint density at radius 2 is 2.08 bits per heavy atom. The summed E-state index contributed by atoms with van der Waals surface area (Å²) < 4.78 is 0. The molecule has 0 aliphatic carbocycles. The highest BCUT2D eigenvalue weighted by Crippen LogP contribution is 2.23. The van der Waals surface area contributed by atoms with E-state index in [1.165, 1.54) is 4.88 Å². The molecule has 2 N–H and O–H groups in total. The van der Waals surface area contributed by atoms with E-state index in [4.69, 9.17) is 0 Å². The molecule has 24 heavy (non-hydrogen) atoms. The first-order valence-corrected chi connectivity index (χ1v) is 8.90. The molecule has 1 fully saturated rings. The van der Waals surface area contributed by atoms with E-state index in [9.17, 15) is 14.7 Å². The van der Waals surface area contributed by atoms with Gasteiger partial charge in [-0.3, -0.25) is 9.59 Å². The largest absolute Gasteiger partial charge is 0.481 e. The molecule has 2 heterocycles. The summed E-state index contributed by atoms with van der Waals surface area (Å²) in [5, 5.41) is 14.5. The number of nitrogens with zero attached hydrogens (tertiary/aromatic N) is 1. The minimum atomic E-state index is -0.823. The third-order valence-electron chi connectivity index (χ3n) is 4.25. The monoisotopic (exact) mass is 344 g/mol. The third-order valence-corrected chi connectivity index (χ3v) is 5.12. The van der Waals surface area contributed by atoms with E-state index >= 15 is 0 Å². The zero-order valence-electron chi connectivity index (χ0n) is 13.3. The second-order valence-electron chi connectivity index (χ2n) is 5.91. The Kier molecular flexibility index (Phi) is 5.15. The number of carboxylic acids is 1. The van der Waals surface area contributed by atoms with Gasteiger partial charge in [0.15, 0.2) is 0 Å². The van der Waals surface area contributed by atoms with Gasteiger partial charge in [-0.15, -0.1) is 11.3 Å². The lowest BCUT2D eigenvalue weighted by atomic mass is 9.97. The van der Waals surface area contributed by atoms with Gasteiger partial charge in [-0.05, 0) is 36.4 Å². The number of benzene rings is 1. The number of carbonyl (C=O) groups is 2. The number of nitrogens with one attached hydrogen (secondary N) is 1. The van der Waals surface area contributed by atoms with Gasteiger partial charge in [0.1, 0.15) is 0 Å². The molecule has 0 radical (unpaired) electrons. The van der Waals surface area contributed by atoms with Crippen molar-refractivity contribution in [2.75, 3.05) is 18.4 Å². The minimum absolute atomic E-state index is 0.102. The van der Waals surface area contributed by atoms with Gasteiger partial charge in [-0.2, -0.15) is 0 Å². The molecular formula is C18H20N2O3S. The van der Waals surface area contributed by atoms with Crippen molar-refractivity contribution in [2.24, 2.45) is 5.92 Å². The summed E-state index contributed by atoms with van der Waals surface area (Å²) >= 11 is 1.66. The van der Waals surface area contributed by atoms with Crippen LogP contribution in [0, 0.1) is 5.92 Å². The van der Waals surface area contributed by atoms with Gasteiger partial charge < -0.3 is 15.3 Å². The van der Waals surface area contributed by atoms with E-state index in [2.05, 4.69) is 5.32 Å². The second-order valence-corrected chi connectivity index (χ2v) is 6.94. The van der Waals surface area contributed by atoms with Crippen molar-refractivity contribution in [3.63, 3.8) is 0 Å². The average molecular weight is 344 g/mol. The first-order chi connectivity index (χ1) is 11.6. The number of anilines is 1. The minimum Gasteiger partial charge on any atom is -0.481 e. The maximum absolute atomic E-state index is 12.8. The molecule has 1 amide bonds. The average Bonchev–Trinajstić information content (AvgIpc) is 3.13. The summed E-state index contributed by atoms with van der Waals surface area (Å²) in [6.07, 6.45) is 1.37. The summed E-state index contributed by atoms with van der Waals surface area (Å²) in [6.45, 7) is 1.56. The molecule has 2 aromatic rings. The molecule has 6 heteroatoms. The number of rotatable bonds is 5. The highest BCUT2D eigenvalue weighted by molar-refractivity contribution is 7.09. The van der Waals surface area contributed by atoms with Crippen LogP contribution in [0.25, 0.3) is 0 Å². The number of piperidine rings is 1. The van der Waals surface area contributed by atoms with Crippen molar-refractivity contribution in [3.05, 3.63) is 52.2 Å². The van der Waals surface area contributed by atoms with Crippen LogP contribution in [0.3, 0.4) is 0 Å². The van der Waals surface area contributed by atoms with Crippen LogP contribution in [0.2, 0.25) is 0 Å². The van der Waals surface area contributed by atoms with E-state index < -0.39 is 11.9 Å². The molecule has 0 unspecified atom stereocenters. The molecule has 1 aromatic heterocycles. The Morgan fingerprint density at radius 1 is 1.25 bits per heavy atom. The lowest BCUT2D eigenvalue weighted by Gasteiger charge is -2.31. The standard InChI is InChI=1S/C18H20N2O3S/c21-17(20-9-3-5-13(12-20)18(22)23)15-7-1-2-8-16(15)19-11-14-6-4-10-24-14/h1-2,4,6-8,10,13,19H,3,5,9,11-12H2,(H,22,23)/t13-/m0/s1. The fourth-order valence-corrected chi connectivity index (χ4v) is 3.60. The topological polar surface area (TPSA) is 69.6 Å². The highest BCUT2D eigenvalue weighted by Gasteiger charge is 2.29. The van der Waals surface area contributed by atoms with Gasteiger partial charge in [-0.1, -0.05) is 18.2 Å². The second kappa shape index (κ2) is 7.49. The number of carbonyl (C=O) groups excluding carboxylic acids is 1. The van der Waals surface area contributed by atoms with E-state index in [0.717, 1.165) is 12.1 Å². The Balaban J connectivity index is 1.73. The molecule has 3 rings (SSSR count). The predicted octanol–water partition coefficient (Wildman–Crippen LogP) is 3.30. The van der Waals surface area contributed by atoms with Gasteiger partial charge in [0.2, 0.25) is 0 Å². The molecular weight excluding hydrogens is 324 g/mol. The number of thiophene rings is 1. The Bertz CT molecular complexity index is 715. The van der Waals surface area contributed by atoms with E-state index in [1.807, 2.05) is 35.7 Å². The number of amides is 1. The lowest BCUT2D eigenvalue weighted by molar-refractivity contribution is -0.143. The fourth-order valence-electron chi connectivity index (χ4n) is 2.95. The fraction of sp³-hybridized carbons (Fsp3) is 0.333. The number of para-hydroxylation sites is 1. The first-order valence-electron chi connectivity index (χ1n) is 8.02. The molecule has 126 valence electrons. The van der Waals surface area contributed by atoms with Crippen LogP contribution in [-0.2, 0) is 11.3 Å². The van der Waals surface area contributed by atoms with E-state index in [-0.39, 0.29) is 12.5 Å². The normalized spacial score (nSPS) is 17.5. The molecule has 1 aromatic carbocycles. The molecule has 0 spiro atoms. The number of likely N-dealkylation sites (tertiary alicyclic amines) is 1. The molecule has 1 aliphatic heterocycles. The van der Waals surface area contributed by atoms with Crippen molar-refractivity contribution < 1.29 is 14.7 Å². The first kappa shape index (κ1) is 16.5. The summed E-state index contributed by atoms with van der Waals surface area (Å²) in [4.78, 5) is 26.9. The predicted molar refractivity (Wildman–Crippen MR) is 94.4 cm³/mol. The van der Waals surface area contributed by atoms with Gasteiger partial charge in [0.05, 0.1) is 11.5 Å². The lowest BCUT2D eigenvalue weighted by Crippen LogP contribution is -2.42. The molecule has 5 nitrogen and oxygen atoms in total. The number of carboxylic acid groups (broad SMARTS) is 1. The van der Waals surface area contributed by atoms with Crippen molar-refractivity contribution in [1.82, 2.24) is 4.90 Å². The SMILES string of the molecule is O=C(O)[C@H]1CCCN(C(=O)c2ccccc2NCc2cccs2)C1. The summed E-state index contributed by atoms with van der Waals surface area (Å²) in [5.41, 5.74) is 1.38. The number of aliphatic carboxylic acids is 1. The smallest absolute Gasteiger partial charge is 0.308 e. The Morgan fingerprint density at radius 3 is 2.83 bits per heavy atom. The van der Waals surface area contributed by atoms with Crippen molar-refractivity contribution in [1.29, 1.82) is 0 Å². The zero-order valence-corrected chi connectivity index (χ0v) is 14.1. The number of hydrogen-bond donors (Lipinski definition) is 2. The maximum atomic E-state index is 12.8. The van der Waals surface area contributed by atoms with E-state index in [0.29, 0.717) is 25.1 Å². The zero-order chi connectivity index (χ0) is 16.9. The Hall–Kier alpha value is -2.34. The van der Waals surface area contributed by atoms with Gasteiger partial charge in [-0.25, -0.2) is 0 Å². The quantitative estimate of drug-likeness (QED) is 0.873. The van der Waals surface area contributed by atoms with Crippen LogP contribution in [0.5, 0.6) is 0 Å². The van der Waals surface area contributed by atoms with Crippen molar-refractivity contribution in [3.8, 4) is 0 Å². The van der Waals surface area contributed by atoms with E-state index in [1.54, 1.807) is 22.3 Å².